The van der Waals surface area contributed by atoms with Crippen LogP contribution in [0.1, 0.15) is 34.1 Å². The zero-order chi connectivity index (χ0) is 23.7. The van der Waals surface area contributed by atoms with Crippen LogP contribution in [0.15, 0.2) is 42.9 Å². The molecular weight excluding hydrogens is 432 g/mol. The summed E-state index contributed by atoms with van der Waals surface area (Å²) in [7, 11) is 1.62. The summed E-state index contributed by atoms with van der Waals surface area (Å²) in [4.78, 5) is 21.8. The summed E-state index contributed by atoms with van der Waals surface area (Å²) in [6.45, 7) is 5.57. The van der Waals surface area contributed by atoms with Gasteiger partial charge in [0.15, 0.2) is 0 Å². The Labute approximate surface area is 198 Å². The molecule has 1 aromatic carbocycles. The van der Waals surface area contributed by atoms with E-state index in [-0.39, 0.29) is 11.9 Å². The van der Waals surface area contributed by atoms with Gasteiger partial charge in [-0.15, -0.1) is 0 Å². The van der Waals surface area contributed by atoms with Crippen LogP contribution in [-0.4, -0.2) is 63.3 Å². The third-order valence-electron chi connectivity index (χ3n) is 6.36. The van der Waals surface area contributed by atoms with E-state index in [1.807, 2.05) is 39.0 Å². The van der Waals surface area contributed by atoms with Crippen LogP contribution in [0.4, 0.5) is 0 Å². The second kappa shape index (κ2) is 9.17. The van der Waals surface area contributed by atoms with Crippen molar-refractivity contribution in [3.63, 3.8) is 0 Å². The van der Waals surface area contributed by atoms with E-state index in [2.05, 4.69) is 23.1 Å². The molecule has 2 aliphatic rings. The molecule has 1 saturated heterocycles. The number of amidine groups is 1. The minimum Gasteiger partial charge on any atom is -0.497 e. The number of ether oxygens (including phenoxy) is 2. The summed E-state index contributed by atoms with van der Waals surface area (Å²) >= 11 is 0. The number of fused-ring (bicyclic) bond motifs is 1. The Bertz CT molecular complexity index is 1240. The lowest BCUT2D eigenvalue weighted by Gasteiger charge is -2.30. The van der Waals surface area contributed by atoms with Gasteiger partial charge in [-0.3, -0.25) is 19.9 Å². The number of rotatable bonds is 7. The number of carbonyl (C=O) groups excluding carboxylic acids is 1. The van der Waals surface area contributed by atoms with Gasteiger partial charge >= 0.3 is 0 Å². The van der Waals surface area contributed by atoms with Crippen molar-refractivity contribution in [1.82, 2.24) is 24.6 Å². The maximum atomic E-state index is 13.6. The number of benzene rings is 1. The van der Waals surface area contributed by atoms with Crippen LogP contribution >= 0.6 is 0 Å². The van der Waals surface area contributed by atoms with Crippen molar-refractivity contribution in [2.45, 2.75) is 33.0 Å². The number of methoxy groups -OCH3 is 1. The highest BCUT2D eigenvalue weighted by molar-refractivity contribution is 5.99. The second-order valence-electron chi connectivity index (χ2n) is 8.49. The van der Waals surface area contributed by atoms with E-state index in [0.29, 0.717) is 38.3 Å². The van der Waals surface area contributed by atoms with Gasteiger partial charge in [0, 0.05) is 49.2 Å². The van der Waals surface area contributed by atoms with Crippen molar-refractivity contribution < 1.29 is 14.3 Å². The quantitative estimate of drug-likeness (QED) is 0.582. The summed E-state index contributed by atoms with van der Waals surface area (Å²) in [6, 6.07) is 7.94. The monoisotopic (exact) mass is 460 g/mol. The summed E-state index contributed by atoms with van der Waals surface area (Å²) < 4.78 is 12.5. The minimum atomic E-state index is -0.00963. The van der Waals surface area contributed by atoms with Crippen LogP contribution in [0, 0.1) is 5.41 Å². The molecule has 5 rings (SSSR count). The third-order valence-corrected chi connectivity index (χ3v) is 6.36. The average Bonchev–Trinajstić information content (AvgIpc) is 3.50. The standard InChI is InChI=1S/C25H28N6O3/c1-3-31-15-18(13-28-31)22-10-17(14-30-8-9-34-25(30)26)11-23-21(22)5-7-29(24(23)32)16-19-12-20(33-2)4-6-27-19/h4,6,10-13,15,26H,3,5,7-9,14,16H2,1-2H3. The van der Waals surface area contributed by atoms with Crippen molar-refractivity contribution in [1.29, 1.82) is 5.41 Å². The zero-order valence-electron chi connectivity index (χ0n) is 19.5. The molecule has 0 atom stereocenters. The number of nitrogens with one attached hydrogen (secondary N) is 1. The first-order valence-corrected chi connectivity index (χ1v) is 11.5. The largest absolute Gasteiger partial charge is 0.497 e. The highest BCUT2D eigenvalue weighted by Crippen LogP contribution is 2.33. The number of pyridine rings is 1. The predicted octanol–water partition coefficient (Wildman–Crippen LogP) is 2.94. The highest BCUT2D eigenvalue weighted by Gasteiger charge is 2.29. The van der Waals surface area contributed by atoms with Crippen LogP contribution in [0.25, 0.3) is 11.1 Å². The average molecular weight is 461 g/mol. The first-order chi connectivity index (χ1) is 16.6. The fourth-order valence-electron chi connectivity index (χ4n) is 4.57. The van der Waals surface area contributed by atoms with Gasteiger partial charge in [0.2, 0.25) is 0 Å². The van der Waals surface area contributed by atoms with Crippen LogP contribution < -0.4 is 4.74 Å². The minimum absolute atomic E-state index is 0.00963. The van der Waals surface area contributed by atoms with Gasteiger partial charge in [-0.05, 0) is 48.2 Å². The molecular formula is C25H28N6O3. The first kappa shape index (κ1) is 21.9. The molecule has 0 radical (unpaired) electrons. The highest BCUT2D eigenvalue weighted by atomic mass is 16.5. The number of carbonyl (C=O) groups is 1. The van der Waals surface area contributed by atoms with E-state index in [1.165, 1.54) is 0 Å². The molecule has 1 fully saturated rings. The Kier molecular flexibility index (Phi) is 5.91. The summed E-state index contributed by atoms with van der Waals surface area (Å²) in [5.41, 5.74) is 5.56. The Hall–Kier alpha value is -3.88. The van der Waals surface area contributed by atoms with E-state index in [4.69, 9.17) is 14.9 Å². The van der Waals surface area contributed by atoms with E-state index < -0.39 is 0 Å². The number of nitrogens with zero attached hydrogens (tertiary/aromatic N) is 5. The fourth-order valence-corrected chi connectivity index (χ4v) is 4.57. The molecule has 1 N–H and O–H groups in total. The zero-order valence-corrected chi connectivity index (χ0v) is 19.5. The smallest absolute Gasteiger partial charge is 0.284 e. The van der Waals surface area contributed by atoms with Gasteiger partial charge in [0.1, 0.15) is 12.4 Å². The van der Waals surface area contributed by atoms with E-state index in [1.54, 1.807) is 19.4 Å². The molecule has 0 spiro atoms. The molecule has 0 bridgehead atoms. The summed E-state index contributed by atoms with van der Waals surface area (Å²) in [5, 5.41) is 12.5. The van der Waals surface area contributed by atoms with Gasteiger partial charge in [0.25, 0.3) is 11.9 Å². The number of aryl methyl sites for hydroxylation is 1. The molecule has 4 heterocycles. The van der Waals surface area contributed by atoms with Crippen molar-refractivity contribution in [3.05, 3.63) is 65.2 Å². The Morgan fingerprint density at radius 2 is 2.00 bits per heavy atom. The Morgan fingerprint density at radius 3 is 2.74 bits per heavy atom. The van der Waals surface area contributed by atoms with Gasteiger partial charge in [-0.25, -0.2) is 0 Å². The van der Waals surface area contributed by atoms with Crippen molar-refractivity contribution in [2.75, 3.05) is 26.8 Å². The Balaban J connectivity index is 1.50. The van der Waals surface area contributed by atoms with E-state index in [9.17, 15) is 4.79 Å². The molecule has 1 amide bonds. The maximum absolute atomic E-state index is 13.6. The predicted molar refractivity (Wildman–Crippen MR) is 127 cm³/mol. The van der Waals surface area contributed by atoms with E-state index in [0.717, 1.165) is 46.7 Å². The lowest BCUT2D eigenvalue weighted by Crippen LogP contribution is -2.37. The molecule has 176 valence electrons. The number of amides is 1. The third kappa shape index (κ3) is 4.21. The molecule has 3 aromatic rings. The molecule has 9 heteroatoms. The molecule has 9 nitrogen and oxygen atoms in total. The second-order valence-corrected chi connectivity index (χ2v) is 8.49. The van der Waals surface area contributed by atoms with Crippen molar-refractivity contribution >= 4 is 11.9 Å². The number of hydrogen-bond donors (Lipinski definition) is 1. The lowest BCUT2D eigenvalue weighted by atomic mass is 9.89. The molecule has 2 aromatic heterocycles. The first-order valence-electron chi connectivity index (χ1n) is 11.5. The van der Waals surface area contributed by atoms with Crippen LogP contribution in [0.2, 0.25) is 0 Å². The Morgan fingerprint density at radius 1 is 1.15 bits per heavy atom. The van der Waals surface area contributed by atoms with Crippen LogP contribution in [0.5, 0.6) is 5.75 Å². The number of aromatic nitrogens is 3. The SMILES string of the molecule is CCn1cc(-c2cc(CN3CCOC3=N)cc3c2CCN(Cc2cc(OC)ccn2)C3=O)cn1. The molecule has 0 aliphatic carbocycles. The number of hydrogen-bond acceptors (Lipinski definition) is 6. The van der Waals surface area contributed by atoms with Crippen molar-refractivity contribution in [2.24, 2.45) is 0 Å². The topological polar surface area (TPSA) is 96.6 Å². The van der Waals surface area contributed by atoms with Gasteiger partial charge in [-0.2, -0.15) is 5.10 Å². The summed E-state index contributed by atoms with van der Waals surface area (Å²) in [5.74, 6) is 0.715. The van der Waals surface area contributed by atoms with Gasteiger partial charge < -0.3 is 19.3 Å². The van der Waals surface area contributed by atoms with Crippen molar-refractivity contribution in [3.8, 4) is 16.9 Å². The van der Waals surface area contributed by atoms with Gasteiger partial charge in [0.05, 0.1) is 32.1 Å². The molecule has 34 heavy (non-hydrogen) atoms. The van der Waals surface area contributed by atoms with Gasteiger partial charge in [-0.1, -0.05) is 0 Å². The van der Waals surface area contributed by atoms with Crippen LogP contribution in [0.3, 0.4) is 0 Å². The fraction of sp³-hybridized carbons (Fsp3) is 0.360. The summed E-state index contributed by atoms with van der Waals surface area (Å²) in [6.07, 6.45) is 6.34. The normalized spacial score (nSPS) is 15.5. The van der Waals surface area contributed by atoms with Crippen LogP contribution in [-0.2, 0) is 30.8 Å². The lowest BCUT2D eigenvalue weighted by molar-refractivity contribution is 0.0724. The maximum Gasteiger partial charge on any atom is 0.284 e. The molecule has 0 saturated carbocycles. The molecule has 2 aliphatic heterocycles. The van der Waals surface area contributed by atoms with E-state index >= 15 is 0 Å². The molecule has 0 unspecified atom stereocenters.